The Morgan fingerprint density at radius 1 is 1.24 bits per heavy atom. The van der Waals surface area contributed by atoms with E-state index in [-0.39, 0.29) is 5.56 Å². The molecule has 0 aliphatic heterocycles. The van der Waals surface area contributed by atoms with Gasteiger partial charge >= 0.3 is 0 Å². The van der Waals surface area contributed by atoms with Gasteiger partial charge in [-0.3, -0.25) is 9.89 Å². The van der Waals surface area contributed by atoms with Gasteiger partial charge in [-0.2, -0.15) is 5.10 Å². The summed E-state index contributed by atoms with van der Waals surface area (Å²) >= 11 is 1.66. The van der Waals surface area contributed by atoms with Gasteiger partial charge in [0.25, 0.3) is 5.56 Å². The molecule has 0 aromatic carbocycles. The Labute approximate surface area is 124 Å². The summed E-state index contributed by atoms with van der Waals surface area (Å²) in [6.07, 6.45) is 4.89. The summed E-state index contributed by atoms with van der Waals surface area (Å²) in [5.41, 5.74) is 1.19. The van der Waals surface area contributed by atoms with Gasteiger partial charge in [-0.15, -0.1) is 11.3 Å². The van der Waals surface area contributed by atoms with Crippen LogP contribution in [-0.2, 0) is 19.3 Å². The number of aromatic nitrogens is 5. The van der Waals surface area contributed by atoms with E-state index in [1.54, 1.807) is 11.3 Å². The van der Waals surface area contributed by atoms with Crippen molar-refractivity contribution in [2.24, 2.45) is 0 Å². The smallest absolute Gasteiger partial charge is 0.259 e. The average molecular weight is 301 g/mol. The van der Waals surface area contributed by atoms with E-state index in [9.17, 15) is 4.79 Å². The molecule has 0 amide bonds. The van der Waals surface area contributed by atoms with Crippen LogP contribution in [0.2, 0.25) is 0 Å². The van der Waals surface area contributed by atoms with E-state index in [2.05, 4.69) is 25.1 Å². The molecule has 21 heavy (non-hydrogen) atoms. The zero-order valence-electron chi connectivity index (χ0n) is 11.7. The molecule has 1 aliphatic carbocycles. The zero-order valence-corrected chi connectivity index (χ0v) is 12.5. The van der Waals surface area contributed by atoms with Crippen LogP contribution in [0.3, 0.4) is 0 Å². The highest BCUT2D eigenvalue weighted by molar-refractivity contribution is 7.18. The normalized spacial score (nSPS) is 14.5. The highest BCUT2D eigenvalue weighted by Crippen LogP contribution is 2.33. The Morgan fingerprint density at radius 2 is 2.10 bits per heavy atom. The molecule has 3 aromatic heterocycles. The highest BCUT2D eigenvalue weighted by atomic mass is 32.1. The summed E-state index contributed by atoms with van der Waals surface area (Å²) in [5, 5.41) is 7.69. The van der Waals surface area contributed by atoms with Crippen LogP contribution >= 0.6 is 11.3 Å². The maximum atomic E-state index is 12.4. The Balaban J connectivity index is 1.80. The highest BCUT2D eigenvalue weighted by Gasteiger charge is 2.20. The van der Waals surface area contributed by atoms with Crippen LogP contribution in [0, 0.1) is 6.92 Å². The number of nitrogens with zero attached hydrogens (tertiary/aromatic N) is 3. The average Bonchev–Trinajstić information content (AvgIpc) is 3.02. The first-order chi connectivity index (χ1) is 10.2. The van der Waals surface area contributed by atoms with Gasteiger partial charge in [0.1, 0.15) is 16.5 Å². The lowest BCUT2D eigenvalue weighted by atomic mass is 9.97. The molecule has 7 heteroatoms. The number of hydrogen-bond donors (Lipinski definition) is 2. The number of nitrogens with one attached hydrogen (secondary N) is 2. The molecule has 0 radical (unpaired) electrons. The summed E-state index contributed by atoms with van der Waals surface area (Å²) in [6, 6.07) is 0. The maximum absolute atomic E-state index is 12.4. The lowest BCUT2D eigenvalue weighted by molar-refractivity contribution is 0.700. The predicted molar refractivity (Wildman–Crippen MR) is 80.8 cm³/mol. The van der Waals surface area contributed by atoms with Gasteiger partial charge in [0.05, 0.1) is 11.8 Å². The van der Waals surface area contributed by atoms with Gasteiger partial charge in [-0.05, 0) is 38.2 Å². The maximum Gasteiger partial charge on any atom is 0.259 e. The van der Waals surface area contributed by atoms with E-state index in [4.69, 9.17) is 0 Å². The summed E-state index contributed by atoms with van der Waals surface area (Å²) in [5.74, 6) is 2.04. The lowest BCUT2D eigenvalue weighted by Crippen LogP contribution is -2.13. The van der Waals surface area contributed by atoms with Crippen molar-refractivity contribution in [3.05, 3.63) is 38.3 Å². The van der Waals surface area contributed by atoms with E-state index in [1.165, 1.54) is 16.9 Å². The Bertz CT molecular complexity index is 875. The fourth-order valence-electron chi connectivity index (χ4n) is 2.91. The minimum atomic E-state index is -0.0262. The van der Waals surface area contributed by atoms with Gasteiger partial charge in [0.2, 0.25) is 0 Å². The molecule has 3 aromatic rings. The molecule has 3 heterocycles. The van der Waals surface area contributed by atoms with Crippen molar-refractivity contribution in [2.75, 3.05) is 0 Å². The van der Waals surface area contributed by atoms with E-state index in [0.717, 1.165) is 35.3 Å². The molecule has 2 N–H and O–H groups in total. The van der Waals surface area contributed by atoms with Gasteiger partial charge < -0.3 is 4.98 Å². The fourth-order valence-corrected chi connectivity index (χ4v) is 4.19. The second-order valence-electron chi connectivity index (χ2n) is 5.42. The minimum absolute atomic E-state index is 0.0262. The standard InChI is InChI=1S/C14H15N5OS/c1-7-15-11(19-18-7)6-10-16-13(20)12-8-4-2-3-5-9(8)21-14(12)17-10/h2-6H2,1H3,(H,15,18,19)(H,16,17,20). The topological polar surface area (TPSA) is 87.3 Å². The molecular weight excluding hydrogens is 286 g/mol. The molecule has 0 fully saturated rings. The number of aryl methyl sites for hydroxylation is 3. The first-order valence-corrected chi connectivity index (χ1v) is 7.93. The Kier molecular flexibility index (Phi) is 2.88. The molecule has 0 atom stereocenters. The third-order valence-electron chi connectivity index (χ3n) is 3.84. The van der Waals surface area contributed by atoms with Crippen molar-refractivity contribution in [3.63, 3.8) is 0 Å². The summed E-state index contributed by atoms with van der Waals surface area (Å²) in [6.45, 7) is 1.85. The van der Waals surface area contributed by atoms with Crippen LogP contribution in [0.25, 0.3) is 10.2 Å². The summed E-state index contributed by atoms with van der Waals surface area (Å²) in [4.78, 5) is 26.3. The van der Waals surface area contributed by atoms with E-state index < -0.39 is 0 Å². The van der Waals surface area contributed by atoms with Gasteiger partial charge in [0, 0.05) is 4.88 Å². The number of thiophene rings is 1. The number of hydrogen-bond acceptors (Lipinski definition) is 5. The summed E-state index contributed by atoms with van der Waals surface area (Å²) in [7, 11) is 0. The molecule has 4 rings (SSSR count). The number of aromatic amines is 2. The van der Waals surface area contributed by atoms with Crippen molar-refractivity contribution in [2.45, 2.75) is 39.0 Å². The molecule has 0 saturated heterocycles. The predicted octanol–water partition coefficient (Wildman–Crippen LogP) is 1.88. The van der Waals surface area contributed by atoms with Gasteiger partial charge in [-0.25, -0.2) is 9.97 Å². The quantitative estimate of drug-likeness (QED) is 0.756. The van der Waals surface area contributed by atoms with E-state index in [0.29, 0.717) is 18.1 Å². The molecule has 108 valence electrons. The van der Waals surface area contributed by atoms with Crippen molar-refractivity contribution in [1.82, 2.24) is 25.1 Å². The van der Waals surface area contributed by atoms with Crippen LogP contribution in [-0.4, -0.2) is 25.1 Å². The van der Waals surface area contributed by atoms with Gasteiger partial charge in [0.15, 0.2) is 5.82 Å². The van der Waals surface area contributed by atoms with E-state index in [1.807, 2.05) is 6.92 Å². The first-order valence-electron chi connectivity index (χ1n) is 7.12. The molecule has 0 unspecified atom stereocenters. The molecule has 0 bridgehead atoms. The molecular formula is C14H15N5OS. The van der Waals surface area contributed by atoms with Crippen molar-refractivity contribution < 1.29 is 0 Å². The second-order valence-corrected chi connectivity index (χ2v) is 6.50. The Hall–Kier alpha value is -2.02. The largest absolute Gasteiger partial charge is 0.310 e. The lowest BCUT2D eigenvalue weighted by Gasteiger charge is -2.09. The zero-order chi connectivity index (χ0) is 14.4. The molecule has 0 saturated carbocycles. The fraction of sp³-hybridized carbons (Fsp3) is 0.429. The van der Waals surface area contributed by atoms with Crippen LogP contribution in [0.4, 0.5) is 0 Å². The molecule has 6 nitrogen and oxygen atoms in total. The SMILES string of the molecule is Cc1nc(Cc2nc3sc4c(c3c(=O)[nH]2)CCCC4)n[nH]1. The van der Waals surface area contributed by atoms with E-state index >= 15 is 0 Å². The summed E-state index contributed by atoms with van der Waals surface area (Å²) < 4.78 is 0. The third kappa shape index (κ3) is 2.17. The van der Waals surface area contributed by atoms with Gasteiger partial charge in [-0.1, -0.05) is 0 Å². The van der Waals surface area contributed by atoms with Crippen LogP contribution in [0.15, 0.2) is 4.79 Å². The first kappa shape index (κ1) is 12.7. The monoisotopic (exact) mass is 301 g/mol. The van der Waals surface area contributed by atoms with Crippen molar-refractivity contribution in [3.8, 4) is 0 Å². The number of H-pyrrole nitrogens is 2. The van der Waals surface area contributed by atoms with Crippen LogP contribution < -0.4 is 5.56 Å². The van der Waals surface area contributed by atoms with Crippen LogP contribution in [0.5, 0.6) is 0 Å². The van der Waals surface area contributed by atoms with Crippen molar-refractivity contribution in [1.29, 1.82) is 0 Å². The minimum Gasteiger partial charge on any atom is -0.310 e. The second kappa shape index (κ2) is 4.77. The molecule has 0 spiro atoms. The Morgan fingerprint density at radius 3 is 2.90 bits per heavy atom. The number of fused-ring (bicyclic) bond motifs is 3. The van der Waals surface area contributed by atoms with Crippen LogP contribution in [0.1, 0.15) is 40.8 Å². The van der Waals surface area contributed by atoms with Crippen molar-refractivity contribution >= 4 is 21.6 Å². The molecule has 1 aliphatic rings. The third-order valence-corrected chi connectivity index (χ3v) is 5.03. The number of rotatable bonds is 2.